The Labute approximate surface area is 161 Å². The Morgan fingerprint density at radius 2 is 1.59 bits per heavy atom. The Hall–Kier alpha value is -2.54. The number of hydrogen-bond acceptors (Lipinski definition) is 7. The lowest BCUT2D eigenvalue weighted by Gasteiger charge is -2.21. The Morgan fingerprint density at radius 1 is 1.00 bits per heavy atom. The number of guanidine groups is 1. The number of nitrogens with one attached hydrogen (secondary N) is 2. The van der Waals surface area contributed by atoms with Crippen LogP contribution in [0.15, 0.2) is 4.99 Å². The average Bonchev–Trinajstić information content (AvgIpc) is 2.58. The summed E-state index contributed by atoms with van der Waals surface area (Å²) in [5.41, 5.74) is 15.9. The number of carboxylic acids is 2. The van der Waals surface area contributed by atoms with Gasteiger partial charge in [-0.15, -0.1) is 0 Å². The van der Waals surface area contributed by atoms with Crippen LogP contribution in [0.5, 0.6) is 0 Å². The molecule has 0 bridgehead atoms. The molecule has 0 aliphatic heterocycles. The highest BCUT2D eigenvalue weighted by atomic mass is 32.1. The number of nitrogens with two attached hydrogens (primary N) is 3. The molecule has 0 heterocycles. The predicted octanol–water partition coefficient (Wildman–Crippen LogP) is -2.78. The first kappa shape index (κ1) is 24.5. The van der Waals surface area contributed by atoms with Crippen LogP contribution in [-0.2, 0) is 19.2 Å². The first-order valence-corrected chi connectivity index (χ1v) is 8.68. The first-order valence-electron chi connectivity index (χ1n) is 8.05. The normalized spacial score (nSPS) is 13.7. The van der Waals surface area contributed by atoms with Gasteiger partial charge in [0, 0.05) is 18.7 Å². The molecule has 13 heteroatoms. The maximum atomic E-state index is 12.2. The van der Waals surface area contributed by atoms with E-state index in [9.17, 15) is 24.3 Å². The number of aliphatic carboxylic acids is 2. The molecule has 0 saturated heterocycles. The maximum Gasteiger partial charge on any atom is 0.326 e. The van der Waals surface area contributed by atoms with Crippen LogP contribution in [0, 0.1) is 0 Å². The quantitative estimate of drug-likeness (QED) is 0.0684. The minimum Gasteiger partial charge on any atom is -0.481 e. The maximum absolute atomic E-state index is 12.2. The van der Waals surface area contributed by atoms with Crippen LogP contribution < -0.4 is 27.8 Å². The van der Waals surface area contributed by atoms with E-state index >= 15 is 0 Å². The minimum absolute atomic E-state index is 0.0726. The Balaban J connectivity index is 4.68. The van der Waals surface area contributed by atoms with Gasteiger partial charge in [-0.2, -0.15) is 12.6 Å². The van der Waals surface area contributed by atoms with Crippen LogP contribution in [0.3, 0.4) is 0 Å². The molecule has 154 valence electrons. The molecule has 0 saturated carbocycles. The van der Waals surface area contributed by atoms with Crippen molar-refractivity contribution < 1.29 is 29.4 Å². The molecule has 0 rings (SSSR count). The summed E-state index contributed by atoms with van der Waals surface area (Å²) in [6, 6.07) is -3.45. The van der Waals surface area contributed by atoms with E-state index in [2.05, 4.69) is 28.3 Å². The molecule has 0 aromatic heterocycles. The molecule has 0 spiro atoms. The molecule has 0 radical (unpaired) electrons. The monoisotopic (exact) mass is 406 g/mol. The molecule has 3 unspecified atom stereocenters. The fraction of sp³-hybridized carbons (Fsp3) is 0.643. The van der Waals surface area contributed by atoms with Gasteiger partial charge < -0.3 is 38.0 Å². The van der Waals surface area contributed by atoms with Crippen molar-refractivity contribution in [1.29, 1.82) is 0 Å². The fourth-order valence-corrected chi connectivity index (χ4v) is 2.17. The highest BCUT2D eigenvalue weighted by Crippen LogP contribution is 2.01. The SMILES string of the molecule is NC(N)=NCCCC(NC(=O)C(CS)NC(=O)C(N)CCC(=O)O)C(=O)O. The van der Waals surface area contributed by atoms with E-state index in [0.29, 0.717) is 6.42 Å². The number of amides is 2. The Kier molecular flexibility index (Phi) is 11.6. The van der Waals surface area contributed by atoms with E-state index in [1.165, 1.54) is 0 Å². The second kappa shape index (κ2) is 12.8. The van der Waals surface area contributed by atoms with Crippen LogP contribution >= 0.6 is 12.6 Å². The van der Waals surface area contributed by atoms with Gasteiger partial charge in [0.15, 0.2) is 5.96 Å². The van der Waals surface area contributed by atoms with Crippen LogP contribution in [0.25, 0.3) is 0 Å². The molecule has 3 atom stereocenters. The van der Waals surface area contributed by atoms with E-state index in [0.717, 1.165) is 0 Å². The van der Waals surface area contributed by atoms with Crippen molar-refractivity contribution in [2.45, 2.75) is 43.8 Å². The average molecular weight is 406 g/mol. The summed E-state index contributed by atoms with van der Waals surface area (Å²) in [4.78, 5) is 49.6. The van der Waals surface area contributed by atoms with Gasteiger partial charge in [-0.25, -0.2) is 4.79 Å². The number of carbonyl (C=O) groups is 4. The zero-order valence-corrected chi connectivity index (χ0v) is 15.5. The van der Waals surface area contributed by atoms with Gasteiger partial charge >= 0.3 is 11.9 Å². The molecule has 0 aliphatic rings. The number of carbonyl (C=O) groups excluding carboxylic acids is 2. The van der Waals surface area contributed by atoms with Crippen molar-refractivity contribution in [3.63, 3.8) is 0 Å². The van der Waals surface area contributed by atoms with Gasteiger partial charge in [-0.1, -0.05) is 0 Å². The topological polar surface area (TPSA) is 223 Å². The van der Waals surface area contributed by atoms with Crippen molar-refractivity contribution in [2.24, 2.45) is 22.2 Å². The number of aliphatic imine (C=N–C) groups is 1. The second-order valence-corrected chi connectivity index (χ2v) is 6.00. The zero-order chi connectivity index (χ0) is 21.0. The summed E-state index contributed by atoms with van der Waals surface area (Å²) in [5, 5.41) is 22.4. The molecule has 0 aliphatic carbocycles. The van der Waals surface area contributed by atoms with E-state index in [1.807, 2.05) is 0 Å². The number of nitrogens with zero attached hydrogens (tertiary/aromatic N) is 1. The highest BCUT2D eigenvalue weighted by molar-refractivity contribution is 7.80. The van der Waals surface area contributed by atoms with Gasteiger partial charge in [0.05, 0.1) is 6.04 Å². The largest absolute Gasteiger partial charge is 0.481 e. The molecular weight excluding hydrogens is 380 g/mol. The molecule has 0 aromatic rings. The Bertz CT molecular complexity index is 568. The molecule has 0 fully saturated rings. The Morgan fingerprint density at radius 3 is 2.07 bits per heavy atom. The van der Waals surface area contributed by atoms with Crippen LogP contribution in [-0.4, -0.2) is 70.3 Å². The number of rotatable bonds is 13. The van der Waals surface area contributed by atoms with Crippen molar-refractivity contribution in [3.8, 4) is 0 Å². The van der Waals surface area contributed by atoms with Crippen molar-refractivity contribution in [3.05, 3.63) is 0 Å². The van der Waals surface area contributed by atoms with E-state index in [1.54, 1.807) is 0 Å². The summed E-state index contributed by atoms with van der Waals surface area (Å²) in [7, 11) is 0. The number of hydrogen-bond donors (Lipinski definition) is 8. The summed E-state index contributed by atoms with van der Waals surface area (Å²) in [6.45, 7) is 0.202. The summed E-state index contributed by atoms with van der Waals surface area (Å²) < 4.78 is 0. The van der Waals surface area contributed by atoms with Crippen molar-refractivity contribution >= 4 is 42.3 Å². The van der Waals surface area contributed by atoms with E-state index in [4.69, 9.17) is 22.3 Å². The van der Waals surface area contributed by atoms with E-state index in [-0.39, 0.29) is 37.5 Å². The van der Waals surface area contributed by atoms with Crippen LogP contribution in [0.2, 0.25) is 0 Å². The van der Waals surface area contributed by atoms with Gasteiger partial charge in [-0.05, 0) is 19.3 Å². The molecule has 12 nitrogen and oxygen atoms in total. The molecule has 2 amide bonds. The van der Waals surface area contributed by atoms with Crippen LogP contribution in [0.1, 0.15) is 25.7 Å². The minimum atomic E-state index is -1.25. The summed E-state index contributed by atoms with van der Waals surface area (Å²) in [5.74, 6) is -4.07. The third-order valence-corrected chi connectivity index (χ3v) is 3.75. The number of carboxylic acid groups (broad SMARTS) is 2. The summed E-state index contributed by atoms with van der Waals surface area (Å²) >= 11 is 3.96. The van der Waals surface area contributed by atoms with Gasteiger partial charge in [0.2, 0.25) is 11.8 Å². The lowest BCUT2D eigenvalue weighted by Crippen LogP contribution is -2.55. The highest BCUT2D eigenvalue weighted by Gasteiger charge is 2.27. The third kappa shape index (κ3) is 10.9. The van der Waals surface area contributed by atoms with E-state index < -0.39 is 41.9 Å². The lowest BCUT2D eigenvalue weighted by atomic mass is 10.1. The van der Waals surface area contributed by atoms with Crippen LogP contribution in [0.4, 0.5) is 0 Å². The van der Waals surface area contributed by atoms with Gasteiger partial charge in [0.25, 0.3) is 0 Å². The molecule has 0 aromatic carbocycles. The van der Waals surface area contributed by atoms with Crippen molar-refractivity contribution in [2.75, 3.05) is 12.3 Å². The lowest BCUT2D eigenvalue weighted by molar-refractivity contribution is -0.142. The second-order valence-electron chi connectivity index (χ2n) is 5.63. The predicted molar refractivity (Wildman–Crippen MR) is 100 cm³/mol. The first-order chi connectivity index (χ1) is 12.6. The van der Waals surface area contributed by atoms with Gasteiger partial charge in [0.1, 0.15) is 12.1 Å². The molecular formula is C14H26N6O6S. The standard InChI is InChI=1S/C14H26N6O6S/c15-7(3-4-10(21)22)11(23)20-9(6-27)12(24)19-8(13(25)26)2-1-5-18-14(16)17/h7-9,27H,1-6,15H2,(H,19,24)(H,20,23)(H,21,22)(H,25,26)(H4,16,17,18). The third-order valence-electron chi connectivity index (χ3n) is 3.38. The fourth-order valence-electron chi connectivity index (χ4n) is 1.92. The molecule has 27 heavy (non-hydrogen) atoms. The number of thiol groups is 1. The zero-order valence-electron chi connectivity index (χ0n) is 14.6. The molecule has 10 N–H and O–H groups in total. The smallest absolute Gasteiger partial charge is 0.326 e. The van der Waals surface area contributed by atoms with Crippen molar-refractivity contribution in [1.82, 2.24) is 10.6 Å². The van der Waals surface area contributed by atoms with Gasteiger partial charge in [-0.3, -0.25) is 19.4 Å². The summed E-state index contributed by atoms with van der Waals surface area (Å²) in [6.07, 6.45) is -0.0237.